The number of quaternary nitrogens is 1. The number of rotatable bonds is 18. The Hall–Kier alpha value is -1.87. The van der Waals surface area contributed by atoms with Gasteiger partial charge in [-0.2, -0.15) is 0 Å². The Morgan fingerprint density at radius 2 is 1.26 bits per heavy atom. The molecule has 0 saturated heterocycles. The van der Waals surface area contributed by atoms with Crippen molar-refractivity contribution < 1.29 is 15.1 Å². The van der Waals surface area contributed by atoms with Crippen molar-refractivity contribution in [3.63, 3.8) is 0 Å². The highest BCUT2D eigenvalue weighted by molar-refractivity contribution is 5.85. The van der Waals surface area contributed by atoms with E-state index < -0.39 is 0 Å². The Kier molecular flexibility index (Phi) is 13.7. The van der Waals surface area contributed by atoms with Gasteiger partial charge < -0.3 is 0 Å². The SMILES string of the molecule is CCCCCCCCCCCCCCCCC(=[O+])O[NH2+]Cc1cccc2ccccc12. The van der Waals surface area contributed by atoms with E-state index in [9.17, 15) is 4.79 Å². The summed E-state index contributed by atoms with van der Waals surface area (Å²) >= 11 is 0. The minimum atomic E-state index is -0.0980. The maximum Gasteiger partial charge on any atom is 0.638 e. The van der Waals surface area contributed by atoms with Crippen molar-refractivity contribution in [2.24, 2.45) is 0 Å². The first-order chi connectivity index (χ1) is 15.3. The van der Waals surface area contributed by atoms with Crippen molar-refractivity contribution in [2.45, 2.75) is 110 Å². The maximum atomic E-state index is 12.0. The summed E-state index contributed by atoms with van der Waals surface area (Å²) in [6, 6.07) is 14.6. The summed E-state index contributed by atoms with van der Waals surface area (Å²) < 4.78 is 0. The van der Waals surface area contributed by atoms with Crippen molar-refractivity contribution in [3.8, 4) is 0 Å². The largest absolute Gasteiger partial charge is 0.638 e. The van der Waals surface area contributed by atoms with Crippen LogP contribution >= 0.6 is 0 Å². The van der Waals surface area contributed by atoms with E-state index in [-0.39, 0.29) is 5.97 Å². The van der Waals surface area contributed by atoms with Crippen LogP contribution in [0.2, 0.25) is 0 Å². The van der Waals surface area contributed by atoms with Gasteiger partial charge in [-0.3, -0.25) is 0 Å². The lowest BCUT2D eigenvalue weighted by molar-refractivity contribution is -0.884. The van der Waals surface area contributed by atoms with Gasteiger partial charge in [0.15, 0.2) is 6.54 Å². The molecule has 2 aromatic rings. The van der Waals surface area contributed by atoms with Crippen LogP contribution in [0.4, 0.5) is 0 Å². The smallest absolute Gasteiger partial charge is 0.0896 e. The highest BCUT2D eigenvalue weighted by atomic mass is 16.7. The molecule has 0 heterocycles. The third kappa shape index (κ3) is 11.4. The topological polar surface area (TPSA) is 45.7 Å². The molecule has 0 amide bonds. The lowest BCUT2D eigenvalue weighted by Gasteiger charge is -2.03. The van der Waals surface area contributed by atoms with Gasteiger partial charge in [0.2, 0.25) is 0 Å². The van der Waals surface area contributed by atoms with Gasteiger partial charge in [0.05, 0.1) is 4.79 Å². The predicted molar refractivity (Wildman–Crippen MR) is 131 cm³/mol. The first kappa shape index (κ1) is 25.4. The van der Waals surface area contributed by atoms with Crippen LogP contribution in [0.15, 0.2) is 42.5 Å². The number of carbonyl (C=O) groups excluding carboxylic acids is 1. The Morgan fingerprint density at radius 3 is 1.90 bits per heavy atom. The molecule has 0 aliphatic heterocycles. The Balaban J connectivity index is 1.39. The summed E-state index contributed by atoms with van der Waals surface area (Å²) in [6.07, 6.45) is 19.1. The molecule has 0 aromatic heterocycles. The van der Waals surface area contributed by atoms with Crippen LogP contribution in [-0.4, -0.2) is 5.97 Å². The molecule has 2 aromatic carbocycles. The molecule has 0 aliphatic carbocycles. The van der Waals surface area contributed by atoms with Crippen LogP contribution in [0.5, 0.6) is 0 Å². The number of unbranched alkanes of at least 4 members (excludes halogenated alkanes) is 13. The average Bonchev–Trinajstić information content (AvgIpc) is 2.79. The molecule has 0 atom stereocenters. The molecule has 0 bridgehead atoms. The van der Waals surface area contributed by atoms with E-state index in [2.05, 4.69) is 37.3 Å². The third-order valence-corrected chi connectivity index (χ3v) is 6.13. The maximum absolute atomic E-state index is 12.0. The van der Waals surface area contributed by atoms with E-state index in [0.29, 0.717) is 13.0 Å². The van der Waals surface area contributed by atoms with Crippen LogP contribution in [0.25, 0.3) is 10.8 Å². The second kappa shape index (κ2) is 16.8. The fourth-order valence-corrected chi connectivity index (χ4v) is 4.22. The van der Waals surface area contributed by atoms with Gasteiger partial charge in [0, 0.05) is 5.56 Å². The van der Waals surface area contributed by atoms with Gasteiger partial charge in [-0.15, -0.1) is 0 Å². The molecule has 0 saturated carbocycles. The number of nitrogens with two attached hydrogens (primary N) is 1. The number of hydroxylamine groups is 1. The van der Waals surface area contributed by atoms with Crippen LogP contribution in [0.1, 0.15) is 109 Å². The monoisotopic (exact) mass is 426 g/mol. The molecule has 3 nitrogen and oxygen atoms in total. The van der Waals surface area contributed by atoms with Gasteiger partial charge in [-0.05, 0) is 17.2 Å². The van der Waals surface area contributed by atoms with E-state index in [1.54, 1.807) is 5.48 Å². The standard InChI is InChI=1S/C28H43NO2/c1-2-3-4-5-6-7-8-9-10-11-12-13-14-15-23-28(30)31-29-24-26-21-18-20-25-19-16-17-22-27(25)26/h16-22,29H,2-15,23-24H2,1H3/q+1/p+1. The average molecular weight is 427 g/mol. The van der Waals surface area contributed by atoms with Crippen LogP contribution < -0.4 is 5.48 Å². The summed E-state index contributed by atoms with van der Waals surface area (Å²) in [7, 11) is 0. The Bertz CT molecular complexity index is 723. The lowest BCUT2D eigenvalue weighted by Crippen LogP contribution is -2.82. The summed E-state index contributed by atoms with van der Waals surface area (Å²) in [5, 5.41) is 2.45. The van der Waals surface area contributed by atoms with Gasteiger partial charge in [-0.25, -0.2) is 0 Å². The summed E-state index contributed by atoms with van der Waals surface area (Å²) in [5.74, 6) is -0.0980. The van der Waals surface area contributed by atoms with Crippen molar-refractivity contribution in [2.75, 3.05) is 0 Å². The quantitative estimate of drug-likeness (QED) is 0.155. The van der Waals surface area contributed by atoms with E-state index >= 15 is 0 Å². The molecule has 0 spiro atoms. The normalized spacial score (nSPS) is 11.1. The van der Waals surface area contributed by atoms with Crippen molar-refractivity contribution in [3.05, 3.63) is 48.0 Å². The molecule has 0 fully saturated rings. The van der Waals surface area contributed by atoms with Gasteiger partial charge >= 0.3 is 5.97 Å². The van der Waals surface area contributed by atoms with E-state index in [4.69, 9.17) is 4.84 Å². The van der Waals surface area contributed by atoms with Crippen molar-refractivity contribution in [1.29, 1.82) is 0 Å². The zero-order valence-electron chi connectivity index (χ0n) is 19.7. The first-order valence-electron chi connectivity index (χ1n) is 12.8. The van der Waals surface area contributed by atoms with Gasteiger partial charge in [0.25, 0.3) is 0 Å². The van der Waals surface area contributed by atoms with Gasteiger partial charge in [-0.1, -0.05) is 143 Å². The molecule has 171 valence electrons. The lowest BCUT2D eigenvalue weighted by atomic mass is 10.0. The molecular weight excluding hydrogens is 382 g/mol. The number of hydrogen-bond donors (Lipinski definition) is 1. The third-order valence-electron chi connectivity index (χ3n) is 6.13. The number of carbonyl (C=O) groups is 1. The fraction of sp³-hybridized carbons (Fsp3) is 0.607. The molecule has 3 heteroatoms. The number of fused-ring (bicyclic) bond motifs is 1. The minimum Gasteiger partial charge on any atom is -0.0896 e. The molecule has 0 unspecified atom stereocenters. The fourth-order valence-electron chi connectivity index (χ4n) is 4.22. The minimum absolute atomic E-state index is 0.0980. The van der Waals surface area contributed by atoms with Crippen molar-refractivity contribution >= 4 is 16.7 Å². The zero-order valence-corrected chi connectivity index (χ0v) is 19.7. The predicted octanol–water partition coefficient (Wildman–Crippen LogP) is 7.23. The van der Waals surface area contributed by atoms with E-state index in [1.807, 2.05) is 12.1 Å². The molecule has 1 radical (unpaired) electrons. The Labute approximate surface area is 189 Å². The summed E-state index contributed by atoms with van der Waals surface area (Å²) in [5.41, 5.74) is 2.86. The Morgan fingerprint density at radius 1 is 0.710 bits per heavy atom. The van der Waals surface area contributed by atoms with Crippen LogP contribution in [0, 0.1) is 0 Å². The highest BCUT2D eigenvalue weighted by Gasteiger charge is 2.20. The first-order valence-corrected chi connectivity index (χ1v) is 12.8. The molecule has 2 N–H and O–H groups in total. The highest BCUT2D eigenvalue weighted by Crippen LogP contribution is 2.17. The zero-order chi connectivity index (χ0) is 22.0. The molecule has 2 rings (SSSR count). The van der Waals surface area contributed by atoms with E-state index in [1.165, 1.54) is 93.4 Å². The second-order valence-corrected chi connectivity index (χ2v) is 8.85. The molecule has 31 heavy (non-hydrogen) atoms. The number of benzene rings is 2. The molecule has 0 aliphatic rings. The summed E-state index contributed by atoms with van der Waals surface area (Å²) in [4.78, 5) is 17.3. The second-order valence-electron chi connectivity index (χ2n) is 8.85. The van der Waals surface area contributed by atoms with Crippen molar-refractivity contribution in [1.82, 2.24) is 0 Å². The summed E-state index contributed by atoms with van der Waals surface area (Å²) in [6.45, 7) is 2.94. The van der Waals surface area contributed by atoms with Crippen LogP contribution in [0.3, 0.4) is 0 Å². The molecular formula is C28H44NO2+2. The van der Waals surface area contributed by atoms with Gasteiger partial charge in [0.1, 0.15) is 6.42 Å². The number of hydrogen-bond acceptors (Lipinski definition) is 2. The van der Waals surface area contributed by atoms with E-state index in [0.717, 1.165) is 12.8 Å². The van der Waals surface area contributed by atoms with Crippen LogP contribution in [-0.2, 0) is 16.2 Å².